The summed E-state index contributed by atoms with van der Waals surface area (Å²) in [4.78, 5) is 4.25. The first-order chi connectivity index (χ1) is 11.2. The van der Waals surface area contributed by atoms with Gasteiger partial charge in [-0.3, -0.25) is 4.99 Å². The van der Waals surface area contributed by atoms with Crippen LogP contribution in [0.2, 0.25) is 0 Å². The lowest BCUT2D eigenvalue weighted by molar-refractivity contribution is 0.411. The van der Waals surface area contributed by atoms with Crippen LogP contribution in [0.3, 0.4) is 0 Å². The van der Waals surface area contributed by atoms with Gasteiger partial charge in [-0.1, -0.05) is 12.1 Å². The van der Waals surface area contributed by atoms with Gasteiger partial charge in [-0.15, -0.1) is 0 Å². The van der Waals surface area contributed by atoms with Crippen molar-refractivity contribution in [3.05, 3.63) is 53.9 Å². The van der Waals surface area contributed by atoms with Crippen LogP contribution in [0.4, 0.5) is 0 Å². The molecule has 5 heteroatoms. The van der Waals surface area contributed by atoms with Gasteiger partial charge in [0.15, 0.2) is 5.96 Å². The number of hydrogen-bond acceptors (Lipinski definition) is 2. The minimum absolute atomic E-state index is 0.829. The summed E-state index contributed by atoms with van der Waals surface area (Å²) in [6.07, 6.45) is 5.04. The van der Waals surface area contributed by atoms with Crippen molar-refractivity contribution >= 4 is 5.96 Å². The monoisotopic (exact) mass is 314 g/mol. The molecule has 0 aliphatic heterocycles. The van der Waals surface area contributed by atoms with Crippen LogP contribution in [0.5, 0.6) is 5.75 Å². The van der Waals surface area contributed by atoms with E-state index in [1.54, 1.807) is 14.2 Å². The van der Waals surface area contributed by atoms with Crippen molar-refractivity contribution in [2.75, 3.05) is 27.2 Å². The lowest BCUT2D eigenvalue weighted by Gasteiger charge is -2.13. The summed E-state index contributed by atoms with van der Waals surface area (Å²) in [7, 11) is 3.50. The molecule has 0 bridgehead atoms. The zero-order valence-corrected chi connectivity index (χ0v) is 14.2. The summed E-state index contributed by atoms with van der Waals surface area (Å²) in [5.41, 5.74) is 2.41. The third kappa shape index (κ3) is 5.36. The smallest absolute Gasteiger partial charge is 0.191 e. The number of nitrogens with zero attached hydrogens (tertiary/aromatic N) is 2. The third-order valence-corrected chi connectivity index (χ3v) is 3.73. The van der Waals surface area contributed by atoms with Gasteiger partial charge < -0.3 is 19.9 Å². The van der Waals surface area contributed by atoms with Gasteiger partial charge in [0, 0.05) is 39.1 Å². The van der Waals surface area contributed by atoms with Gasteiger partial charge in [0.1, 0.15) is 5.75 Å². The summed E-state index contributed by atoms with van der Waals surface area (Å²) in [6, 6.07) is 10.4. The van der Waals surface area contributed by atoms with Crippen LogP contribution >= 0.6 is 0 Å². The van der Waals surface area contributed by atoms with Crippen molar-refractivity contribution in [3.63, 3.8) is 0 Å². The number of benzene rings is 1. The van der Waals surface area contributed by atoms with Gasteiger partial charge in [0.2, 0.25) is 0 Å². The maximum atomic E-state index is 5.36. The molecular formula is C18H26N4O. The second kappa shape index (κ2) is 8.88. The summed E-state index contributed by atoms with van der Waals surface area (Å²) >= 11 is 0. The molecule has 0 saturated heterocycles. The van der Waals surface area contributed by atoms with Crippen molar-refractivity contribution in [1.82, 2.24) is 15.2 Å². The Balaban J connectivity index is 1.73. The van der Waals surface area contributed by atoms with Crippen LogP contribution in [-0.2, 0) is 13.0 Å². The highest BCUT2D eigenvalue weighted by Crippen LogP contribution is 2.18. The summed E-state index contributed by atoms with van der Waals surface area (Å²) in [5.74, 6) is 1.77. The number of hydrogen-bond donors (Lipinski definition) is 2. The van der Waals surface area contributed by atoms with Crippen molar-refractivity contribution in [2.45, 2.75) is 19.9 Å². The lowest BCUT2D eigenvalue weighted by atomic mass is 10.1. The first-order valence-corrected chi connectivity index (χ1v) is 7.91. The molecule has 0 aliphatic carbocycles. The predicted molar refractivity (Wildman–Crippen MR) is 95.2 cm³/mol. The fourth-order valence-electron chi connectivity index (χ4n) is 2.39. The van der Waals surface area contributed by atoms with Gasteiger partial charge in [-0.25, -0.2) is 0 Å². The molecule has 0 radical (unpaired) electrons. The molecule has 23 heavy (non-hydrogen) atoms. The molecule has 1 aromatic heterocycles. The van der Waals surface area contributed by atoms with Gasteiger partial charge >= 0.3 is 0 Å². The normalized spacial score (nSPS) is 11.3. The van der Waals surface area contributed by atoms with Crippen molar-refractivity contribution in [2.24, 2.45) is 4.99 Å². The predicted octanol–water partition coefficient (Wildman–Crippen LogP) is 2.21. The standard InChI is InChI=1S/C18H26N4O/c1-15-6-7-16(14-17(15)23-3)8-9-20-18(19-2)21-10-13-22-11-4-5-12-22/h4-7,11-12,14H,8-10,13H2,1-3H3,(H2,19,20,21). The Morgan fingerprint density at radius 3 is 2.61 bits per heavy atom. The third-order valence-electron chi connectivity index (χ3n) is 3.73. The molecular weight excluding hydrogens is 288 g/mol. The lowest BCUT2D eigenvalue weighted by Crippen LogP contribution is -2.39. The minimum atomic E-state index is 0.829. The van der Waals surface area contributed by atoms with E-state index in [-0.39, 0.29) is 0 Å². The van der Waals surface area contributed by atoms with Crippen LogP contribution in [0.15, 0.2) is 47.7 Å². The number of aryl methyl sites for hydroxylation is 1. The molecule has 1 aromatic carbocycles. The van der Waals surface area contributed by atoms with Crippen molar-refractivity contribution in [1.29, 1.82) is 0 Å². The Morgan fingerprint density at radius 1 is 1.17 bits per heavy atom. The molecule has 124 valence electrons. The van der Waals surface area contributed by atoms with E-state index in [4.69, 9.17) is 4.74 Å². The van der Waals surface area contributed by atoms with Gasteiger partial charge in [0.25, 0.3) is 0 Å². The van der Waals surface area contributed by atoms with E-state index in [2.05, 4.69) is 57.7 Å². The Labute approximate surface area is 138 Å². The molecule has 0 aliphatic rings. The SMILES string of the molecule is CN=C(NCCc1ccc(C)c(OC)c1)NCCn1cccc1. The molecule has 0 saturated carbocycles. The highest BCUT2D eigenvalue weighted by Gasteiger charge is 2.01. The fourth-order valence-corrected chi connectivity index (χ4v) is 2.39. The largest absolute Gasteiger partial charge is 0.496 e. The Kier molecular flexibility index (Phi) is 6.54. The maximum absolute atomic E-state index is 5.36. The number of aromatic nitrogens is 1. The van der Waals surface area contributed by atoms with Gasteiger partial charge in [-0.2, -0.15) is 0 Å². The topological polar surface area (TPSA) is 50.6 Å². The van der Waals surface area contributed by atoms with Crippen molar-refractivity contribution < 1.29 is 4.74 Å². The molecule has 5 nitrogen and oxygen atoms in total. The quantitative estimate of drug-likeness (QED) is 0.608. The van der Waals surface area contributed by atoms with Crippen LogP contribution < -0.4 is 15.4 Å². The molecule has 0 amide bonds. The van der Waals surface area contributed by atoms with Crippen LogP contribution in [0, 0.1) is 6.92 Å². The maximum Gasteiger partial charge on any atom is 0.191 e. The first kappa shape index (κ1) is 16.9. The first-order valence-electron chi connectivity index (χ1n) is 7.91. The molecule has 2 aromatic rings. The van der Waals surface area contributed by atoms with Gasteiger partial charge in [0.05, 0.1) is 7.11 Å². The number of nitrogens with one attached hydrogen (secondary N) is 2. The zero-order chi connectivity index (χ0) is 16.5. The molecule has 1 heterocycles. The van der Waals surface area contributed by atoms with Crippen molar-refractivity contribution in [3.8, 4) is 5.75 Å². The number of rotatable bonds is 7. The molecule has 0 unspecified atom stereocenters. The molecule has 0 fully saturated rings. The molecule has 2 rings (SSSR count). The number of guanidine groups is 1. The summed E-state index contributed by atoms with van der Waals surface area (Å²) in [6.45, 7) is 4.64. The number of ether oxygens (including phenoxy) is 1. The Morgan fingerprint density at radius 2 is 1.91 bits per heavy atom. The summed E-state index contributed by atoms with van der Waals surface area (Å²) in [5, 5.41) is 6.66. The van der Waals surface area contributed by atoms with Crippen LogP contribution in [0.1, 0.15) is 11.1 Å². The van der Waals surface area contributed by atoms with E-state index in [0.717, 1.165) is 43.3 Å². The average molecular weight is 314 g/mol. The van der Waals surface area contributed by atoms with Gasteiger partial charge in [-0.05, 0) is 42.7 Å². The second-order valence-electron chi connectivity index (χ2n) is 5.40. The van der Waals surface area contributed by atoms with E-state index >= 15 is 0 Å². The molecule has 2 N–H and O–H groups in total. The van der Waals surface area contributed by atoms with E-state index in [1.165, 1.54) is 5.56 Å². The van der Waals surface area contributed by atoms with Crippen LogP contribution in [0.25, 0.3) is 0 Å². The fraction of sp³-hybridized carbons (Fsp3) is 0.389. The van der Waals surface area contributed by atoms with E-state index in [1.807, 2.05) is 12.1 Å². The average Bonchev–Trinajstić information content (AvgIpc) is 3.08. The highest BCUT2D eigenvalue weighted by atomic mass is 16.5. The minimum Gasteiger partial charge on any atom is -0.496 e. The zero-order valence-electron chi connectivity index (χ0n) is 14.2. The number of methoxy groups -OCH3 is 1. The van der Waals surface area contributed by atoms with E-state index in [9.17, 15) is 0 Å². The summed E-state index contributed by atoms with van der Waals surface area (Å²) < 4.78 is 7.50. The Hall–Kier alpha value is -2.43. The molecule has 0 atom stereocenters. The Bertz CT molecular complexity index is 620. The number of aliphatic imine (C=N–C) groups is 1. The van der Waals surface area contributed by atoms with Crippen LogP contribution in [-0.4, -0.2) is 37.8 Å². The second-order valence-corrected chi connectivity index (χ2v) is 5.40. The molecule has 0 spiro atoms. The highest BCUT2D eigenvalue weighted by molar-refractivity contribution is 5.79. The van der Waals surface area contributed by atoms with E-state index in [0.29, 0.717) is 0 Å². The van der Waals surface area contributed by atoms with E-state index < -0.39 is 0 Å².